The Labute approximate surface area is 178 Å². The number of hydrogen-bond donors (Lipinski definition) is 1. The summed E-state index contributed by atoms with van der Waals surface area (Å²) in [6.45, 7) is 2.20. The largest absolute Gasteiger partial charge is 0.497 e. The number of thiocarbonyl (C=S) groups is 1. The predicted molar refractivity (Wildman–Crippen MR) is 120 cm³/mol. The van der Waals surface area contributed by atoms with Crippen molar-refractivity contribution in [2.75, 3.05) is 20.8 Å². The molecule has 1 atom stereocenters. The van der Waals surface area contributed by atoms with Gasteiger partial charge in [0.1, 0.15) is 11.5 Å². The molecule has 1 aromatic carbocycles. The van der Waals surface area contributed by atoms with Crippen molar-refractivity contribution in [3.05, 3.63) is 29.8 Å². The van der Waals surface area contributed by atoms with Crippen LogP contribution in [0.4, 0.5) is 0 Å². The second-order valence-electron chi connectivity index (χ2n) is 7.38. The molecule has 0 heterocycles. The van der Waals surface area contributed by atoms with Crippen LogP contribution in [0.25, 0.3) is 5.57 Å². The molecule has 5 nitrogen and oxygen atoms in total. The molecule has 0 radical (unpaired) electrons. The summed E-state index contributed by atoms with van der Waals surface area (Å²) < 4.78 is 10.8. The minimum atomic E-state index is -0.00568. The van der Waals surface area contributed by atoms with Gasteiger partial charge in [-0.25, -0.2) is 0 Å². The predicted octanol–water partition coefficient (Wildman–Crippen LogP) is 4.52. The molecule has 0 saturated carbocycles. The fourth-order valence-electron chi connectivity index (χ4n) is 3.66. The van der Waals surface area contributed by atoms with Gasteiger partial charge >= 0.3 is 0 Å². The van der Waals surface area contributed by atoms with E-state index in [-0.39, 0.29) is 11.7 Å². The van der Waals surface area contributed by atoms with Crippen LogP contribution in [0.2, 0.25) is 0 Å². The molecule has 1 unspecified atom stereocenters. The van der Waals surface area contributed by atoms with Crippen LogP contribution in [0, 0.1) is 5.92 Å². The number of methoxy groups -OCH3 is 2. The van der Waals surface area contributed by atoms with Gasteiger partial charge in [0.25, 0.3) is 0 Å². The summed E-state index contributed by atoms with van der Waals surface area (Å²) in [5.74, 6) is 1.85. The lowest BCUT2D eigenvalue weighted by atomic mass is 9.86. The van der Waals surface area contributed by atoms with Crippen molar-refractivity contribution in [3.8, 4) is 11.5 Å². The monoisotopic (exact) mass is 417 g/mol. The Morgan fingerprint density at radius 1 is 1.21 bits per heavy atom. The first kappa shape index (κ1) is 23.1. The molecular formula is C23H31NO4S. The first-order chi connectivity index (χ1) is 13.9. The standard InChI is InChI=1S/C23H31NO4S/c1-16(25)24-13-5-6-17-9-10-18(14-19(26)7-4-8-23(17)29)21-12-11-20(27-2)15-22(21)28-3/h11-12,14-15,17H,4-10,13H2,1-3H3,(H,24,25). The molecule has 0 fully saturated rings. The maximum Gasteiger partial charge on any atom is 0.216 e. The van der Waals surface area contributed by atoms with Crippen LogP contribution < -0.4 is 14.8 Å². The molecule has 0 bridgehead atoms. The van der Waals surface area contributed by atoms with Gasteiger partial charge in [0.15, 0.2) is 5.78 Å². The van der Waals surface area contributed by atoms with Crippen LogP contribution in [-0.2, 0) is 9.59 Å². The highest BCUT2D eigenvalue weighted by Crippen LogP contribution is 2.35. The number of carbonyl (C=O) groups excluding carboxylic acids is 2. The van der Waals surface area contributed by atoms with Gasteiger partial charge in [0.05, 0.1) is 14.2 Å². The lowest BCUT2D eigenvalue weighted by Crippen LogP contribution is -2.22. The molecule has 1 aliphatic carbocycles. The Hall–Kier alpha value is -2.21. The molecule has 1 aliphatic rings. The number of amides is 1. The fourth-order valence-corrected chi connectivity index (χ4v) is 4.04. The van der Waals surface area contributed by atoms with E-state index < -0.39 is 0 Å². The van der Waals surface area contributed by atoms with Crippen LogP contribution >= 0.6 is 12.2 Å². The van der Waals surface area contributed by atoms with E-state index in [0.29, 0.717) is 24.6 Å². The van der Waals surface area contributed by atoms with Crippen molar-refractivity contribution >= 4 is 34.3 Å². The maximum absolute atomic E-state index is 12.4. The van der Waals surface area contributed by atoms with Crippen molar-refractivity contribution < 1.29 is 19.1 Å². The van der Waals surface area contributed by atoms with E-state index in [1.54, 1.807) is 20.3 Å². The van der Waals surface area contributed by atoms with Crippen molar-refractivity contribution in [3.63, 3.8) is 0 Å². The Morgan fingerprint density at radius 2 is 2.00 bits per heavy atom. The van der Waals surface area contributed by atoms with Gasteiger partial charge < -0.3 is 14.8 Å². The molecule has 2 rings (SSSR count). The van der Waals surface area contributed by atoms with E-state index in [0.717, 1.165) is 60.3 Å². The lowest BCUT2D eigenvalue weighted by molar-refractivity contribution is -0.119. The number of ether oxygens (including phenoxy) is 2. The highest BCUT2D eigenvalue weighted by Gasteiger charge is 2.20. The number of nitrogens with one attached hydrogen (secondary N) is 1. The molecule has 0 aliphatic heterocycles. The van der Waals surface area contributed by atoms with E-state index in [1.807, 2.05) is 18.2 Å². The van der Waals surface area contributed by atoms with E-state index in [9.17, 15) is 9.59 Å². The smallest absolute Gasteiger partial charge is 0.216 e. The molecule has 6 heteroatoms. The first-order valence-electron chi connectivity index (χ1n) is 10.2. The van der Waals surface area contributed by atoms with E-state index in [2.05, 4.69) is 5.32 Å². The molecule has 1 aromatic rings. The molecule has 29 heavy (non-hydrogen) atoms. The molecule has 1 amide bonds. The van der Waals surface area contributed by atoms with Crippen molar-refractivity contribution in [1.29, 1.82) is 0 Å². The van der Waals surface area contributed by atoms with Crippen molar-refractivity contribution in [2.24, 2.45) is 5.92 Å². The van der Waals surface area contributed by atoms with E-state index in [1.165, 1.54) is 6.92 Å². The minimum absolute atomic E-state index is 0.00568. The molecular weight excluding hydrogens is 386 g/mol. The zero-order valence-electron chi connectivity index (χ0n) is 17.6. The highest BCUT2D eigenvalue weighted by molar-refractivity contribution is 7.80. The Balaban J connectivity index is 2.20. The van der Waals surface area contributed by atoms with E-state index >= 15 is 0 Å². The van der Waals surface area contributed by atoms with Gasteiger partial charge in [0.2, 0.25) is 5.91 Å². The fraction of sp³-hybridized carbons (Fsp3) is 0.522. The molecule has 1 N–H and O–H groups in total. The Kier molecular flexibility index (Phi) is 9.32. The third-order valence-electron chi connectivity index (χ3n) is 5.26. The summed E-state index contributed by atoms with van der Waals surface area (Å²) >= 11 is 5.70. The third-order valence-corrected chi connectivity index (χ3v) is 5.79. The third kappa shape index (κ3) is 7.28. The second kappa shape index (κ2) is 11.7. The Bertz CT molecular complexity index is 772. The molecule has 0 saturated heterocycles. The quantitative estimate of drug-likeness (QED) is 0.522. The highest BCUT2D eigenvalue weighted by atomic mass is 32.1. The summed E-state index contributed by atoms with van der Waals surface area (Å²) in [4.78, 5) is 24.6. The average molecular weight is 418 g/mol. The minimum Gasteiger partial charge on any atom is -0.497 e. The number of rotatable bonds is 7. The van der Waals surface area contributed by atoms with Gasteiger partial charge in [-0.3, -0.25) is 9.59 Å². The van der Waals surface area contributed by atoms with Gasteiger partial charge in [-0.1, -0.05) is 12.2 Å². The van der Waals surface area contributed by atoms with Crippen molar-refractivity contribution in [2.45, 2.75) is 51.9 Å². The average Bonchev–Trinajstić information content (AvgIpc) is 2.71. The summed E-state index contributed by atoms with van der Waals surface area (Å²) in [5, 5.41) is 2.85. The lowest BCUT2D eigenvalue weighted by Gasteiger charge is -2.21. The SMILES string of the molecule is COc1ccc(C2=CC(=O)CCCC(=S)C(CCCNC(C)=O)CC2)c(OC)c1. The topological polar surface area (TPSA) is 64.6 Å². The van der Waals surface area contributed by atoms with Gasteiger partial charge in [0, 0.05) is 31.5 Å². The molecule has 158 valence electrons. The summed E-state index contributed by atoms with van der Waals surface area (Å²) in [6, 6.07) is 5.68. The van der Waals surface area contributed by atoms with Gasteiger partial charge in [-0.15, -0.1) is 0 Å². The zero-order chi connectivity index (χ0) is 21.2. The summed E-state index contributed by atoms with van der Waals surface area (Å²) in [6.07, 6.45) is 7.33. The Morgan fingerprint density at radius 3 is 2.69 bits per heavy atom. The number of ketones is 1. The molecule has 0 aromatic heterocycles. The molecule has 0 spiro atoms. The van der Waals surface area contributed by atoms with Gasteiger partial charge in [-0.05, 0) is 73.1 Å². The number of allylic oxidation sites excluding steroid dienone is 2. The first-order valence-corrected chi connectivity index (χ1v) is 10.6. The summed E-state index contributed by atoms with van der Waals surface area (Å²) in [7, 11) is 3.24. The zero-order valence-corrected chi connectivity index (χ0v) is 18.4. The van der Waals surface area contributed by atoms with Crippen LogP contribution in [-0.4, -0.2) is 37.3 Å². The van der Waals surface area contributed by atoms with Crippen molar-refractivity contribution in [1.82, 2.24) is 5.32 Å². The number of hydrogen-bond acceptors (Lipinski definition) is 5. The normalized spacial score (nSPS) is 18.0. The summed E-state index contributed by atoms with van der Waals surface area (Å²) in [5.41, 5.74) is 1.90. The van der Waals surface area contributed by atoms with Crippen LogP contribution in [0.5, 0.6) is 11.5 Å². The number of carbonyl (C=O) groups is 2. The second-order valence-corrected chi connectivity index (χ2v) is 7.91. The maximum atomic E-state index is 12.4. The number of benzene rings is 1. The van der Waals surface area contributed by atoms with Crippen LogP contribution in [0.15, 0.2) is 24.3 Å². The van der Waals surface area contributed by atoms with Crippen LogP contribution in [0.1, 0.15) is 57.4 Å². The van der Waals surface area contributed by atoms with Gasteiger partial charge in [-0.2, -0.15) is 0 Å². The van der Waals surface area contributed by atoms with E-state index in [4.69, 9.17) is 21.7 Å². The van der Waals surface area contributed by atoms with Crippen LogP contribution in [0.3, 0.4) is 0 Å².